The molecule has 38 heavy (non-hydrogen) atoms. The molecule has 0 aliphatic heterocycles. The van der Waals surface area contributed by atoms with Crippen molar-refractivity contribution in [2.24, 2.45) is 15.9 Å². The Labute approximate surface area is 232 Å². The van der Waals surface area contributed by atoms with Gasteiger partial charge in [-0.05, 0) is 49.6 Å². The first-order valence-electron chi connectivity index (χ1n) is 12.1. The first-order chi connectivity index (χ1) is 17.9. The molecule has 1 heterocycles. The predicted octanol–water partition coefficient (Wildman–Crippen LogP) is 3.58. The first-order valence-corrected chi connectivity index (χ1v) is 12.1. The number of para-hydroxylation sites is 1. The molecule has 0 saturated carbocycles. The number of aromatic nitrogens is 1. The molecule has 0 radical (unpaired) electrons. The number of pyridine rings is 1. The zero-order valence-corrected chi connectivity index (χ0v) is 22.1. The Bertz CT molecular complexity index is 1440. The van der Waals surface area contributed by atoms with Crippen molar-refractivity contribution in [3.63, 3.8) is 0 Å². The summed E-state index contributed by atoms with van der Waals surface area (Å²) in [5.41, 5.74) is 5.70. The number of carboxylic acid groups (broad SMARTS) is 1. The zero-order valence-electron chi connectivity index (χ0n) is 21.1. The maximum absolute atomic E-state index is 12.8. The number of aryl methyl sites for hydroxylation is 2. The number of rotatable bonds is 9. The molecule has 1 unspecified atom stereocenters. The van der Waals surface area contributed by atoms with E-state index in [4.69, 9.17) is 4.99 Å². The molecule has 0 spiro atoms. The number of hydrogen-bond acceptors (Lipinski definition) is 6. The van der Waals surface area contributed by atoms with E-state index in [2.05, 4.69) is 9.98 Å². The van der Waals surface area contributed by atoms with Crippen molar-refractivity contribution in [2.45, 2.75) is 20.3 Å². The molecule has 194 valence electrons. The average molecular weight is 548 g/mol. The van der Waals surface area contributed by atoms with Gasteiger partial charge < -0.3 is 15.0 Å². The predicted molar refractivity (Wildman–Crippen MR) is 142 cm³/mol. The van der Waals surface area contributed by atoms with Crippen LogP contribution in [0.5, 0.6) is 0 Å². The molecule has 6 nitrogen and oxygen atoms in total. The zero-order chi connectivity index (χ0) is 26.2. The van der Waals surface area contributed by atoms with Crippen molar-refractivity contribution in [2.75, 3.05) is 6.54 Å². The van der Waals surface area contributed by atoms with Crippen molar-refractivity contribution < 1.29 is 31.5 Å². The number of benzene rings is 3. The second kappa shape index (κ2) is 13.5. The van der Waals surface area contributed by atoms with Crippen molar-refractivity contribution in [1.29, 1.82) is 0 Å². The fraction of sp³-hybridized carbons (Fsp3) is 0.161. The number of aliphatic carboxylic acids is 1. The van der Waals surface area contributed by atoms with Crippen LogP contribution < -0.4 is 10.2 Å². The standard InChI is InChI=1S/C31H29N3O3.Ni/c1-21-15-16-22(2)24(18-21)19-25(31(36)37)20-33-29(23-10-4-3-5-11-23)26-12-6-7-13-27(26)34-30(35)28-14-8-9-17-32-28;/h3-18,25H,19-20H2,1-2H3,(H,34,35)(H,36,37);/q;+2/p-2. The van der Waals surface area contributed by atoms with Gasteiger partial charge in [-0.2, -0.15) is 0 Å². The van der Waals surface area contributed by atoms with Gasteiger partial charge in [-0.1, -0.05) is 78.4 Å². The summed E-state index contributed by atoms with van der Waals surface area (Å²) in [7, 11) is 0. The van der Waals surface area contributed by atoms with Crippen LogP contribution in [0.1, 0.15) is 33.5 Å². The van der Waals surface area contributed by atoms with Gasteiger partial charge in [0.05, 0.1) is 17.1 Å². The molecule has 0 N–H and O–H groups in total. The van der Waals surface area contributed by atoms with Crippen LogP contribution in [0.3, 0.4) is 0 Å². The molecule has 0 bridgehead atoms. The summed E-state index contributed by atoms with van der Waals surface area (Å²) < 4.78 is 0. The Kier molecular flexibility index (Phi) is 10.1. The molecule has 4 aromatic rings. The maximum atomic E-state index is 12.8. The molecule has 0 aliphatic rings. The van der Waals surface area contributed by atoms with Crippen LogP contribution in [-0.2, 0) is 27.7 Å². The molecular formula is C31H27N3NiO3. The molecule has 7 heteroatoms. The quantitative estimate of drug-likeness (QED) is 0.181. The topological polar surface area (TPSA) is 101 Å². The van der Waals surface area contributed by atoms with Gasteiger partial charge in [-0.25, -0.2) is 0 Å². The second-order valence-electron chi connectivity index (χ2n) is 8.85. The number of carbonyl (C=O) groups is 1. The van der Waals surface area contributed by atoms with E-state index < -0.39 is 17.8 Å². The van der Waals surface area contributed by atoms with Gasteiger partial charge in [-0.3, -0.25) is 15.0 Å². The minimum atomic E-state index is -1.15. The molecular weight excluding hydrogens is 521 g/mol. The third kappa shape index (κ3) is 7.24. The van der Waals surface area contributed by atoms with E-state index in [-0.39, 0.29) is 28.7 Å². The van der Waals surface area contributed by atoms with Gasteiger partial charge in [0, 0.05) is 41.7 Å². The van der Waals surface area contributed by atoms with Crippen LogP contribution in [0.15, 0.2) is 107 Å². The number of aliphatic imine (C=N–C) groups is 2. The summed E-state index contributed by atoms with van der Waals surface area (Å²) in [5.74, 6) is -2.44. The van der Waals surface area contributed by atoms with Gasteiger partial charge in [0.2, 0.25) is 0 Å². The Hall–Kier alpha value is -4.09. The fourth-order valence-electron chi connectivity index (χ4n) is 4.06. The van der Waals surface area contributed by atoms with Crippen LogP contribution in [0, 0.1) is 19.8 Å². The summed E-state index contributed by atoms with van der Waals surface area (Å²) in [6.07, 6.45) is 1.85. The number of carboxylic acids is 1. The van der Waals surface area contributed by atoms with E-state index in [0.717, 1.165) is 22.3 Å². The van der Waals surface area contributed by atoms with Crippen LogP contribution in [0.2, 0.25) is 0 Å². The van der Waals surface area contributed by atoms with Crippen LogP contribution >= 0.6 is 0 Å². The smallest absolute Gasteiger partial charge is 0.857 e. The largest absolute Gasteiger partial charge is 2.00 e. The Morgan fingerprint density at radius 3 is 2.32 bits per heavy atom. The molecule has 3 aromatic carbocycles. The van der Waals surface area contributed by atoms with Gasteiger partial charge in [-0.15, -0.1) is 0 Å². The first kappa shape index (κ1) is 28.5. The van der Waals surface area contributed by atoms with Gasteiger partial charge in [0.1, 0.15) is 0 Å². The van der Waals surface area contributed by atoms with E-state index >= 15 is 0 Å². The summed E-state index contributed by atoms with van der Waals surface area (Å²) >= 11 is 0. The van der Waals surface area contributed by atoms with E-state index in [1.807, 2.05) is 74.5 Å². The molecule has 4 rings (SSSR count). The van der Waals surface area contributed by atoms with Crippen molar-refractivity contribution in [3.05, 3.63) is 131 Å². The van der Waals surface area contributed by atoms with Gasteiger partial charge >= 0.3 is 16.5 Å². The van der Waals surface area contributed by atoms with E-state index in [1.54, 1.807) is 36.5 Å². The van der Waals surface area contributed by atoms with Crippen LogP contribution in [-0.4, -0.2) is 29.1 Å². The minimum Gasteiger partial charge on any atom is -0.857 e. The molecule has 0 amide bonds. The van der Waals surface area contributed by atoms with Crippen LogP contribution in [0.4, 0.5) is 5.69 Å². The number of hydrogen-bond donors (Lipinski definition) is 0. The average Bonchev–Trinajstić information content (AvgIpc) is 2.91. The van der Waals surface area contributed by atoms with Gasteiger partial charge in [0.15, 0.2) is 0 Å². The summed E-state index contributed by atoms with van der Waals surface area (Å²) in [6, 6.07) is 27.7. The van der Waals surface area contributed by atoms with Crippen molar-refractivity contribution in [3.8, 4) is 0 Å². The SMILES string of the molecule is Cc1ccc(C)c(CC(CN=C(c2ccccc2)c2ccccc2N=C([O-])c2ccccn2)C(=O)[O-])c1.[Ni+2]. The molecule has 0 fully saturated rings. The summed E-state index contributed by atoms with van der Waals surface area (Å²) in [6.45, 7) is 3.97. The number of carbonyl (C=O) groups excluding carboxylic acids is 1. The second-order valence-corrected chi connectivity index (χ2v) is 8.85. The maximum Gasteiger partial charge on any atom is 2.00 e. The monoisotopic (exact) mass is 547 g/mol. The van der Waals surface area contributed by atoms with E-state index in [1.165, 1.54) is 0 Å². The van der Waals surface area contributed by atoms with Crippen LogP contribution in [0.25, 0.3) is 0 Å². The van der Waals surface area contributed by atoms with Crippen molar-refractivity contribution in [1.82, 2.24) is 4.98 Å². The van der Waals surface area contributed by atoms with Gasteiger partial charge in [0.25, 0.3) is 0 Å². The Balaban J connectivity index is 0.00000400. The summed E-state index contributed by atoms with van der Waals surface area (Å²) in [4.78, 5) is 25.3. The Morgan fingerprint density at radius 1 is 0.895 bits per heavy atom. The molecule has 1 atom stereocenters. The fourth-order valence-corrected chi connectivity index (χ4v) is 4.06. The summed E-state index contributed by atoms with van der Waals surface area (Å²) in [5, 5.41) is 24.9. The third-order valence-corrected chi connectivity index (χ3v) is 6.09. The van der Waals surface area contributed by atoms with E-state index in [0.29, 0.717) is 23.4 Å². The molecule has 0 saturated heterocycles. The normalized spacial score (nSPS) is 12.5. The Morgan fingerprint density at radius 2 is 1.61 bits per heavy atom. The third-order valence-electron chi connectivity index (χ3n) is 6.09. The molecule has 1 aromatic heterocycles. The van der Waals surface area contributed by atoms with E-state index in [9.17, 15) is 15.0 Å². The number of nitrogens with zero attached hydrogens (tertiary/aromatic N) is 3. The van der Waals surface area contributed by atoms with Crippen molar-refractivity contribution >= 4 is 23.3 Å². The molecule has 0 aliphatic carbocycles. The minimum absolute atomic E-state index is 0.